The van der Waals surface area contributed by atoms with E-state index in [-0.39, 0.29) is 0 Å². The summed E-state index contributed by atoms with van der Waals surface area (Å²) >= 11 is 7.18. The van der Waals surface area contributed by atoms with Crippen molar-refractivity contribution in [2.75, 3.05) is 0 Å². The molecule has 1 aromatic heterocycles. The number of nitrogens with zero attached hydrogens (tertiary/aromatic N) is 2. The van der Waals surface area contributed by atoms with Gasteiger partial charge in [0.25, 0.3) is 0 Å². The van der Waals surface area contributed by atoms with Crippen molar-refractivity contribution in [1.29, 1.82) is 0 Å². The lowest BCUT2D eigenvalue weighted by molar-refractivity contribution is 0.635. The molecule has 4 heteroatoms. The molecule has 0 atom stereocenters. The molecule has 0 amide bonds. The van der Waals surface area contributed by atoms with Crippen LogP contribution in [-0.2, 0) is 6.42 Å². The Morgan fingerprint density at radius 1 is 0.833 bits per heavy atom. The van der Waals surface area contributed by atoms with Crippen LogP contribution in [0.3, 0.4) is 0 Å². The van der Waals surface area contributed by atoms with Crippen molar-refractivity contribution in [3.63, 3.8) is 0 Å². The van der Waals surface area contributed by atoms with Crippen molar-refractivity contribution < 1.29 is 0 Å². The Hall–Kier alpha value is -1.52. The molecule has 0 bridgehead atoms. The normalized spacial score (nSPS) is 11.9. The summed E-state index contributed by atoms with van der Waals surface area (Å²) in [5.41, 5.74) is 2.99. The van der Waals surface area contributed by atoms with E-state index in [4.69, 9.17) is 9.97 Å². The summed E-state index contributed by atoms with van der Waals surface area (Å²) in [4.78, 5) is 9.75. The number of benzene rings is 3. The first-order valence-electron chi connectivity index (χ1n) is 7.99. The summed E-state index contributed by atoms with van der Waals surface area (Å²) in [5, 5.41) is 4.70. The maximum Gasteiger partial charge on any atom is 0.0975 e. The third-order valence-corrected chi connectivity index (χ3v) is 5.19. The fourth-order valence-electron chi connectivity index (χ4n) is 3.22. The lowest BCUT2D eigenvalue weighted by Crippen LogP contribution is -1.99. The quantitative estimate of drug-likeness (QED) is 0.323. The first-order valence-corrected chi connectivity index (χ1v) is 9.57. The van der Waals surface area contributed by atoms with Crippen LogP contribution in [0.1, 0.15) is 19.5 Å². The summed E-state index contributed by atoms with van der Waals surface area (Å²) in [6, 6.07) is 12.8. The molecule has 2 nitrogen and oxygen atoms in total. The molecule has 0 aliphatic heterocycles. The lowest BCUT2D eigenvalue weighted by atomic mass is 9.99. The van der Waals surface area contributed by atoms with Crippen molar-refractivity contribution in [1.82, 2.24) is 9.97 Å². The van der Waals surface area contributed by atoms with Gasteiger partial charge in [0.2, 0.25) is 0 Å². The van der Waals surface area contributed by atoms with Gasteiger partial charge in [0.15, 0.2) is 0 Å². The van der Waals surface area contributed by atoms with Gasteiger partial charge in [0.05, 0.1) is 16.7 Å². The maximum absolute atomic E-state index is 4.97. The minimum atomic E-state index is 0.560. The van der Waals surface area contributed by atoms with Crippen molar-refractivity contribution >= 4 is 64.4 Å². The Kier molecular flexibility index (Phi) is 4.05. The molecule has 0 fully saturated rings. The van der Waals surface area contributed by atoms with Crippen molar-refractivity contribution in [2.24, 2.45) is 5.92 Å². The summed E-state index contributed by atoms with van der Waals surface area (Å²) < 4.78 is 2.12. The van der Waals surface area contributed by atoms with Crippen LogP contribution in [-0.4, -0.2) is 9.97 Å². The molecule has 0 saturated carbocycles. The van der Waals surface area contributed by atoms with Gasteiger partial charge in [-0.15, -0.1) is 0 Å². The second-order valence-electron chi connectivity index (χ2n) is 6.54. The fraction of sp³-hybridized carbons (Fsp3) is 0.200. The van der Waals surface area contributed by atoms with Gasteiger partial charge in [0.1, 0.15) is 0 Å². The van der Waals surface area contributed by atoms with Crippen LogP contribution in [0.5, 0.6) is 0 Å². The molecule has 1 heterocycles. The highest BCUT2D eigenvalue weighted by Gasteiger charge is 2.13. The number of fused-ring (bicyclic) bond motifs is 6. The summed E-state index contributed by atoms with van der Waals surface area (Å²) in [5.74, 6) is 0.560. The average molecular weight is 444 g/mol. The van der Waals surface area contributed by atoms with Gasteiger partial charge in [0, 0.05) is 25.9 Å². The predicted molar refractivity (Wildman–Crippen MR) is 108 cm³/mol. The summed E-state index contributed by atoms with van der Waals surface area (Å²) in [6.45, 7) is 4.41. The SMILES string of the molecule is CC(C)Cc1cnc2c3cc(Br)ccc3c3ccc(Br)cc3c2n1. The minimum absolute atomic E-state index is 0.560. The zero-order valence-electron chi connectivity index (χ0n) is 13.5. The van der Waals surface area contributed by atoms with Gasteiger partial charge >= 0.3 is 0 Å². The number of hydrogen-bond donors (Lipinski definition) is 0. The second-order valence-corrected chi connectivity index (χ2v) is 8.37. The van der Waals surface area contributed by atoms with Crippen LogP contribution in [0.2, 0.25) is 0 Å². The van der Waals surface area contributed by atoms with Gasteiger partial charge in [-0.05, 0) is 47.4 Å². The van der Waals surface area contributed by atoms with Gasteiger partial charge in [-0.3, -0.25) is 4.98 Å². The molecule has 24 heavy (non-hydrogen) atoms. The maximum atomic E-state index is 4.97. The van der Waals surface area contributed by atoms with E-state index < -0.39 is 0 Å². The first-order chi connectivity index (χ1) is 11.5. The number of hydrogen-bond acceptors (Lipinski definition) is 2. The Bertz CT molecular complexity index is 1090. The molecular formula is C20H16Br2N2. The summed E-state index contributed by atoms with van der Waals surface area (Å²) in [7, 11) is 0. The minimum Gasteiger partial charge on any atom is -0.252 e. The van der Waals surface area contributed by atoms with E-state index >= 15 is 0 Å². The van der Waals surface area contributed by atoms with E-state index in [0.29, 0.717) is 5.92 Å². The standard InChI is InChI=1S/C20H16Br2N2/c1-11(2)7-14-10-23-19-17-8-12(21)3-5-15(17)16-6-4-13(22)9-18(16)20(19)24-14/h3-6,8-11H,7H2,1-2H3. The monoisotopic (exact) mass is 442 g/mol. The largest absolute Gasteiger partial charge is 0.252 e. The van der Waals surface area contributed by atoms with E-state index in [2.05, 4.69) is 82.1 Å². The smallest absolute Gasteiger partial charge is 0.0975 e. The van der Waals surface area contributed by atoms with Crippen molar-refractivity contribution in [2.45, 2.75) is 20.3 Å². The Labute approximate surface area is 157 Å². The Balaban J connectivity index is 2.19. The van der Waals surface area contributed by atoms with Gasteiger partial charge in [-0.25, -0.2) is 4.98 Å². The zero-order valence-corrected chi connectivity index (χ0v) is 16.6. The molecule has 0 aliphatic carbocycles. The van der Waals surface area contributed by atoms with E-state index in [1.54, 1.807) is 0 Å². The Morgan fingerprint density at radius 2 is 1.42 bits per heavy atom. The topological polar surface area (TPSA) is 25.8 Å². The molecule has 4 aromatic rings. The molecule has 0 spiro atoms. The lowest BCUT2D eigenvalue weighted by Gasteiger charge is -2.11. The molecule has 0 unspecified atom stereocenters. The first kappa shape index (κ1) is 16.0. The van der Waals surface area contributed by atoms with Crippen LogP contribution in [0.25, 0.3) is 32.6 Å². The van der Waals surface area contributed by atoms with Gasteiger partial charge in [-0.1, -0.05) is 57.8 Å². The molecule has 0 radical (unpaired) electrons. The molecule has 120 valence electrons. The third-order valence-electron chi connectivity index (χ3n) is 4.20. The molecule has 3 aromatic carbocycles. The number of rotatable bonds is 2. The fourth-order valence-corrected chi connectivity index (χ4v) is 3.94. The highest BCUT2D eigenvalue weighted by atomic mass is 79.9. The van der Waals surface area contributed by atoms with Crippen molar-refractivity contribution in [3.8, 4) is 0 Å². The van der Waals surface area contributed by atoms with Gasteiger partial charge in [-0.2, -0.15) is 0 Å². The zero-order chi connectivity index (χ0) is 16.8. The molecule has 0 aliphatic rings. The van der Waals surface area contributed by atoms with E-state index in [1.165, 1.54) is 10.8 Å². The van der Waals surface area contributed by atoms with Crippen LogP contribution in [0.4, 0.5) is 0 Å². The Morgan fingerprint density at radius 3 is 2.00 bits per heavy atom. The molecule has 0 N–H and O–H groups in total. The molecular weight excluding hydrogens is 428 g/mol. The third kappa shape index (κ3) is 2.72. The van der Waals surface area contributed by atoms with Crippen LogP contribution < -0.4 is 0 Å². The molecule has 4 rings (SSSR count). The van der Waals surface area contributed by atoms with E-state index in [9.17, 15) is 0 Å². The van der Waals surface area contributed by atoms with Crippen LogP contribution in [0.15, 0.2) is 51.5 Å². The average Bonchev–Trinajstić information content (AvgIpc) is 2.54. The van der Waals surface area contributed by atoms with Gasteiger partial charge < -0.3 is 0 Å². The van der Waals surface area contributed by atoms with Crippen molar-refractivity contribution in [3.05, 3.63) is 57.2 Å². The van der Waals surface area contributed by atoms with E-state index in [1.807, 2.05) is 6.20 Å². The highest BCUT2D eigenvalue weighted by molar-refractivity contribution is 9.10. The number of halogens is 2. The van der Waals surface area contributed by atoms with E-state index in [0.717, 1.165) is 42.9 Å². The summed E-state index contributed by atoms with van der Waals surface area (Å²) in [6.07, 6.45) is 2.86. The molecule has 0 saturated heterocycles. The van der Waals surface area contributed by atoms with Crippen LogP contribution in [0, 0.1) is 5.92 Å². The number of aromatic nitrogens is 2. The van der Waals surface area contributed by atoms with Crippen LogP contribution >= 0.6 is 31.9 Å². The predicted octanol–water partition coefficient (Wildman–Crippen LogP) is 6.66. The highest BCUT2D eigenvalue weighted by Crippen LogP contribution is 2.35. The second kappa shape index (κ2) is 6.08.